The van der Waals surface area contributed by atoms with Crippen molar-refractivity contribution >= 4 is 16.9 Å². The van der Waals surface area contributed by atoms with E-state index in [0.717, 1.165) is 18.4 Å². The maximum atomic E-state index is 12.2. The highest BCUT2D eigenvalue weighted by Crippen LogP contribution is 2.30. The molecule has 0 unspecified atom stereocenters. The fourth-order valence-electron chi connectivity index (χ4n) is 3.16. The van der Waals surface area contributed by atoms with Crippen LogP contribution in [0.5, 0.6) is 0 Å². The molecule has 1 aromatic heterocycles. The highest BCUT2D eigenvalue weighted by molar-refractivity contribution is 5.97. The Labute approximate surface area is 128 Å². The van der Waals surface area contributed by atoms with Crippen molar-refractivity contribution in [3.05, 3.63) is 34.2 Å². The predicted octanol–water partition coefficient (Wildman–Crippen LogP) is 1.52. The first-order valence-corrected chi connectivity index (χ1v) is 7.85. The molecule has 6 nitrogen and oxygen atoms in total. The summed E-state index contributed by atoms with van der Waals surface area (Å²) in [5.74, 6) is -0.172. The lowest BCUT2D eigenvalue weighted by Crippen LogP contribution is -2.37. The van der Waals surface area contributed by atoms with Crippen molar-refractivity contribution in [1.29, 1.82) is 0 Å². The third-order valence-electron chi connectivity index (χ3n) is 4.40. The van der Waals surface area contributed by atoms with Crippen molar-refractivity contribution in [2.45, 2.75) is 44.7 Å². The summed E-state index contributed by atoms with van der Waals surface area (Å²) in [5, 5.41) is 2.82. The molecule has 3 rings (SSSR count). The van der Waals surface area contributed by atoms with E-state index in [2.05, 4.69) is 10.3 Å². The number of carbonyl (C=O) groups excluding carboxylic acids is 1. The Hall–Kier alpha value is -2.08. The molecule has 1 amide bonds. The van der Waals surface area contributed by atoms with Gasteiger partial charge in [-0.3, -0.25) is 9.36 Å². The summed E-state index contributed by atoms with van der Waals surface area (Å²) in [6, 6.07) is 5.55. The summed E-state index contributed by atoms with van der Waals surface area (Å²) in [6.45, 7) is 2.25. The molecule has 4 N–H and O–H groups in total. The first-order chi connectivity index (χ1) is 10.6. The first kappa shape index (κ1) is 14.8. The third kappa shape index (κ3) is 2.66. The first-order valence-electron chi connectivity index (χ1n) is 7.85. The number of aromatic nitrogens is 2. The number of hydrogen-bond acceptors (Lipinski definition) is 3. The van der Waals surface area contributed by atoms with Crippen LogP contribution in [0.3, 0.4) is 0 Å². The topological polar surface area (TPSA) is 92.9 Å². The van der Waals surface area contributed by atoms with E-state index >= 15 is 0 Å². The smallest absolute Gasteiger partial charge is 0.326 e. The molecule has 1 atom stereocenters. The summed E-state index contributed by atoms with van der Waals surface area (Å²) in [5.41, 5.74) is 7.55. The Morgan fingerprint density at radius 1 is 1.45 bits per heavy atom. The number of carbonyl (C=O) groups is 1. The third-order valence-corrected chi connectivity index (χ3v) is 4.40. The summed E-state index contributed by atoms with van der Waals surface area (Å²) in [4.78, 5) is 27.2. The van der Waals surface area contributed by atoms with Crippen molar-refractivity contribution < 1.29 is 4.79 Å². The van der Waals surface area contributed by atoms with Gasteiger partial charge in [-0.05, 0) is 38.0 Å². The Bertz CT molecular complexity index is 740. The molecule has 0 radical (unpaired) electrons. The van der Waals surface area contributed by atoms with Crippen LogP contribution in [0.1, 0.15) is 49.0 Å². The van der Waals surface area contributed by atoms with Gasteiger partial charge in [0.2, 0.25) is 0 Å². The standard InChI is InChI=1S/C16H22N4O2/c1-10(9-17)18-15(21)11-6-7-14-13(8-11)19-16(22)20(14)12-4-2-3-5-12/h6-8,10,12H,2-5,9,17H2,1H3,(H,18,21)(H,19,22)/t10-/m0/s1. The largest absolute Gasteiger partial charge is 0.348 e. The van der Waals surface area contributed by atoms with Gasteiger partial charge >= 0.3 is 5.69 Å². The summed E-state index contributed by atoms with van der Waals surface area (Å²) in [6.07, 6.45) is 4.43. The SMILES string of the molecule is C[C@@H](CN)NC(=O)c1ccc2c(c1)[nH]c(=O)n2C1CCCC1. The second-order valence-electron chi connectivity index (χ2n) is 6.08. The van der Waals surface area contributed by atoms with Crippen molar-refractivity contribution in [2.24, 2.45) is 5.73 Å². The van der Waals surface area contributed by atoms with Crippen LogP contribution in [-0.2, 0) is 0 Å². The molecular formula is C16H22N4O2. The van der Waals surface area contributed by atoms with Crippen LogP contribution in [0, 0.1) is 0 Å². The van der Waals surface area contributed by atoms with Crippen molar-refractivity contribution in [1.82, 2.24) is 14.9 Å². The Balaban J connectivity index is 1.94. The van der Waals surface area contributed by atoms with Gasteiger partial charge in [0, 0.05) is 24.2 Å². The number of amides is 1. The second-order valence-corrected chi connectivity index (χ2v) is 6.08. The van der Waals surface area contributed by atoms with Crippen LogP contribution in [-0.4, -0.2) is 28.0 Å². The molecule has 6 heteroatoms. The normalized spacial score (nSPS) is 17.0. The molecule has 1 saturated carbocycles. The molecule has 0 spiro atoms. The van der Waals surface area contributed by atoms with Gasteiger partial charge in [-0.2, -0.15) is 0 Å². The lowest BCUT2D eigenvalue weighted by atomic mass is 10.1. The second kappa shape index (κ2) is 5.96. The minimum atomic E-state index is -0.172. The van der Waals surface area contributed by atoms with Gasteiger partial charge in [0.05, 0.1) is 11.0 Å². The van der Waals surface area contributed by atoms with Crippen LogP contribution in [0.25, 0.3) is 11.0 Å². The highest BCUT2D eigenvalue weighted by atomic mass is 16.2. The Morgan fingerprint density at radius 3 is 2.86 bits per heavy atom. The number of fused-ring (bicyclic) bond motifs is 1. The molecule has 22 heavy (non-hydrogen) atoms. The quantitative estimate of drug-likeness (QED) is 0.799. The van der Waals surface area contributed by atoms with Gasteiger partial charge in [-0.25, -0.2) is 4.79 Å². The van der Waals surface area contributed by atoms with Crippen LogP contribution < -0.4 is 16.7 Å². The lowest BCUT2D eigenvalue weighted by Gasteiger charge is -2.12. The molecule has 1 aromatic carbocycles. The number of hydrogen-bond donors (Lipinski definition) is 3. The number of nitrogens with one attached hydrogen (secondary N) is 2. The van der Waals surface area contributed by atoms with Crippen LogP contribution >= 0.6 is 0 Å². The number of nitrogens with two attached hydrogens (primary N) is 1. The van der Waals surface area contributed by atoms with Crippen molar-refractivity contribution in [3.8, 4) is 0 Å². The number of rotatable bonds is 4. The maximum Gasteiger partial charge on any atom is 0.326 e. The van der Waals surface area contributed by atoms with Crippen LogP contribution in [0.15, 0.2) is 23.0 Å². The van der Waals surface area contributed by atoms with Gasteiger partial charge in [0.15, 0.2) is 0 Å². The summed E-state index contributed by atoms with van der Waals surface area (Å²) < 4.78 is 1.84. The van der Waals surface area contributed by atoms with Gasteiger partial charge in [-0.15, -0.1) is 0 Å². The fraction of sp³-hybridized carbons (Fsp3) is 0.500. The Kier molecular flexibility index (Phi) is 4.02. The van der Waals surface area contributed by atoms with E-state index < -0.39 is 0 Å². The van der Waals surface area contributed by atoms with Crippen LogP contribution in [0.4, 0.5) is 0 Å². The zero-order valence-corrected chi connectivity index (χ0v) is 12.8. The molecule has 118 valence electrons. The van der Waals surface area contributed by atoms with E-state index in [1.54, 1.807) is 12.1 Å². The predicted molar refractivity (Wildman–Crippen MR) is 86.0 cm³/mol. The zero-order chi connectivity index (χ0) is 15.7. The average Bonchev–Trinajstić information content (AvgIpc) is 3.12. The summed E-state index contributed by atoms with van der Waals surface area (Å²) >= 11 is 0. The van der Waals surface area contributed by atoms with Crippen molar-refractivity contribution in [2.75, 3.05) is 6.54 Å². The van der Waals surface area contributed by atoms with E-state index in [4.69, 9.17) is 5.73 Å². The molecule has 1 aliphatic rings. The molecule has 1 aliphatic carbocycles. The van der Waals surface area contributed by atoms with Gasteiger partial charge in [-0.1, -0.05) is 12.8 Å². The van der Waals surface area contributed by atoms with E-state index in [-0.39, 0.29) is 23.7 Å². The van der Waals surface area contributed by atoms with E-state index in [0.29, 0.717) is 17.6 Å². The van der Waals surface area contributed by atoms with Gasteiger partial charge < -0.3 is 16.0 Å². The maximum absolute atomic E-state index is 12.2. The number of aromatic amines is 1. The minimum absolute atomic E-state index is 0.0784. The van der Waals surface area contributed by atoms with E-state index in [9.17, 15) is 9.59 Å². The number of imidazole rings is 1. The molecule has 2 aromatic rings. The van der Waals surface area contributed by atoms with Crippen molar-refractivity contribution in [3.63, 3.8) is 0 Å². The molecule has 0 saturated heterocycles. The monoisotopic (exact) mass is 302 g/mol. The van der Waals surface area contributed by atoms with Gasteiger partial charge in [0.25, 0.3) is 5.91 Å². The highest BCUT2D eigenvalue weighted by Gasteiger charge is 2.21. The number of nitrogens with zero attached hydrogens (tertiary/aromatic N) is 1. The fourth-order valence-corrected chi connectivity index (χ4v) is 3.16. The average molecular weight is 302 g/mol. The van der Waals surface area contributed by atoms with E-state index in [1.165, 1.54) is 12.8 Å². The van der Waals surface area contributed by atoms with Gasteiger partial charge in [0.1, 0.15) is 0 Å². The molecule has 0 aliphatic heterocycles. The lowest BCUT2D eigenvalue weighted by molar-refractivity contribution is 0.0941. The zero-order valence-electron chi connectivity index (χ0n) is 12.8. The van der Waals surface area contributed by atoms with Crippen LogP contribution in [0.2, 0.25) is 0 Å². The molecule has 1 fully saturated rings. The minimum Gasteiger partial charge on any atom is -0.348 e. The molecular weight excluding hydrogens is 280 g/mol. The number of benzene rings is 1. The molecule has 0 bridgehead atoms. The number of H-pyrrole nitrogens is 1. The Morgan fingerprint density at radius 2 is 2.18 bits per heavy atom. The van der Waals surface area contributed by atoms with E-state index in [1.807, 2.05) is 17.6 Å². The summed E-state index contributed by atoms with van der Waals surface area (Å²) in [7, 11) is 0. The molecule has 1 heterocycles.